The number of nitrogens with two attached hydrogens (primary N) is 1. The Morgan fingerprint density at radius 3 is 2.69 bits per heavy atom. The van der Waals surface area contributed by atoms with Gasteiger partial charge in [0.25, 0.3) is 0 Å². The fraction of sp³-hybridized carbons (Fsp3) is 0.455. The van der Waals surface area contributed by atoms with Crippen molar-refractivity contribution in [2.45, 2.75) is 24.7 Å². The number of benzene rings is 1. The van der Waals surface area contributed by atoms with E-state index < -0.39 is 10.0 Å². The first-order valence-electron chi connectivity index (χ1n) is 5.35. The number of anilines is 1. The summed E-state index contributed by atoms with van der Waals surface area (Å²) in [5, 5.41) is 8.41. The number of hydrogen-bond acceptors (Lipinski definition) is 3. The molecule has 1 saturated carbocycles. The third kappa shape index (κ3) is 2.54. The van der Waals surface area contributed by atoms with Gasteiger partial charge in [0.05, 0.1) is 4.90 Å². The highest BCUT2D eigenvalue weighted by Gasteiger charge is 2.21. The van der Waals surface area contributed by atoms with Crippen LogP contribution >= 0.6 is 0 Å². The van der Waals surface area contributed by atoms with Crippen LogP contribution in [-0.2, 0) is 10.0 Å². The van der Waals surface area contributed by atoms with E-state index >= 15 is 0 Å². The zero-order valence-corrected chi connectivity index (χ0v) is 10.0. The molecule has 0 spiro atoms. The summed E-state index contributed by atoms with van der Waals surface area (Å²) in [5.74, 6) is 0.748. The molecule has 88 valence electrons. The number of rotatable bonds is 4. The molecule has 1 fully saturated rings. The molecule has 0 aromatic heterocycles. The molecule has 4 nitrogen and oxygen atoms in total. The van der Waals surface area contributed by atoms with Gasteiger partial charge in [-0.05, 0) is 43.4 Å². The summed E-state index contributed by atoms with van der Waals surface area (Å²) in [6.07, 6.45) is 2.53. The van der Waals surface area contributed by atoms with Crippen LogP contribution in [0.15, 0.2) is 23.1 Å². The summed E-state index contributed by atoms with van der Waals surface area (Å²) >= 11 is 0. The van der Waals surface area contributed by atoms with Crippen molar-refractivity contribution in [3.8, 4) is 0 Å². The highest BCUT2D eigenvalue weighted by Crippen LogP contribution is 2.30. The minimum Gasteiger partial charge on any atom is -0.385 e. The van der Waals surface area contributed by atoms with E-state index in [1.165, 1.54) is 18.9 Å². The molecule has 0 radical (unpaired) electrons. The lowest BCUT2D eigenvalue weighted by Crippen LogP contribution is -2.15. The molecule has 0 aliphatic heterocycles. The van der Waals surface area contributed by atoms with Crippen LogP contribution < -0.4 is 10.5 Å². The Morgan fingerprint density at radius 2 is 2.12 bits per heavy atom. The first-order valence-corrected chi connectivity index (χ1v) is 6.89. The maximum absolute atomic E-state index is 11.3. The van der Waals surface area contributed by atoms with Crippen LogP contribution in [0.4, 0.5) is 5.69 Å². The van der Waals surface area contributed by atoms with E-state index in [0.717, 1.165) is 18.2 Å². The van der Waals surface area contributed by atoms with Crippen LogP contribution in [0.3, 0.4) is 0 Å². The summed E-state index contributed by atoms with van der Waals surface area (Å²) in [5.41, 5.74) is 1.56. The van der Waals surface area contributed by atoms with Gasteiger partial charge in [-0.15, -0.1) is 0 Å². The maximum Gasteiger partial charge on any atom is 0.238 e. The molecule has 1 aliphatic carbocycles. The fourth-order valence-electron chi connectivity index (χ4n) is 1.69. The summed E-state index contributed by atoms with van der Waals surface area (Å²) < 4.78 is 22.6. The number of sulfonamides is 1. The average molecular weight is 240 g/mol. The third-order valence-corrected chi connectivity index (χ3v) is 3.92. The van der Waals surface area contributed by atoms with Gasteiger partial charge in [-0.2, -0.15) is 0 Å². The van der Waals surface area contributed by atoms with Crippen molar-refractivity contribution in [1.29, 1.82) is 0 Å². The highest BCUT2D eigenvalue weighted by atomic mass is 32.2. The molecule has 0 amide bonds. The second kappa shape index (κ2) is 4.07. The van der Waals surface area contributed by atoms with Crippen LogP contribution in [-0.4, -0.2) is 15.0 Å². The Morgan fingerprint density at radius 1 is 1.44 bits per heavy atom. The Hall–Kier alpha value is -1.07. The maximum atomic E-state index is 11.3. The second-order valence-electron chi connectivity index (χ2n) is 4.30. The van der Waals surface area contributed by atoms with E-state index in [1.807, 2.05) is 6.07 Å². The lowest BCUT2D eigenvalue weighted by atomic mass is 10.2. The predicted octanol–water partition coefficient (Wildman–Crippen LogP) is 1.46. The summed E-state index contributed by atoms with van der Waals surface area (Å²) in [4.78, 5) is 0.202. The molecule has 16 heavy (non-hydrogen) atoms. The Kier molecular flexibility index (Phi) is 2.90. The predicted molar refractivity (Wildman–Crippen MR) is 63.8 cm³/mol. The quantitative estimate of drug-likeness (QED) is 0.837. The minimum absolute atomic E-state index is 0.202. The third-order valence-electron chi connectivity index (χ3n) is 2.87. The summed E-state index contributed by atoms with van der Waals surface area (Å²) in [6.45, 7) is 2.68. The van der Waals surface area contributed by atoms with Crippen LogP contribution in [0.2, 0.25) is 0 Å². The van der Waals surface area contributed by atoms with E-state index in [4.69, 9.17) is 5.14 Å². The van der Waals surface area contributed by atoms with Gasteiger partial charge in [-0.25, -0.2) is 13.6 Å². The molecule has 1 aromatic carbocycles. The molecule has 3 N–H and O–H groups in total. The molecule has 2 rings (SSSR count). The zero-order chi connectivity index (χ0) is 11.8. The molecular formula is C11H16N2O2S. The largest absolute Gasteiger partial charge is 0.385 e. The van der Waals surface area contributed by atoms with Crippen LogP contribution in [0.5, 0.6) is 0 Å². The van der Waals surface area contributed by atoms with Gasteiger partial charge in [0.1, 0.15) is 0 Å². The van der Waals surface area contributed by atoms with Gasteiger partial charge in [0.2, 0.25) is 10.0 Å². The van der Waals surface area contributed by atoms with Crippen molar-refractivity contribution in [2.24, 2.45) is 11.1 Å². The number of nitrogens with one attached hydrogen (secondary N) is 1. The van der Waals surface area contributed by atoms with Gasteiger partial charge in [0.15, 0.2) is 0 Å². The molecule has 1 aromatic rings. The van der Waals surface area contributed by atoms with Gasteiger partial charge in [-0.1, -0.05) is 6.07 Å². The Labute approximate surface area is 95.9 Å². The van der Waals surface area contributed by atoms with Gasteiger partial charge >= 0.3 is 0 Å². The van der Waals surface area contributed by atoms with Crippen molar-refractivity contribution < 1.29 is 8.42 Å². The number of hydrogen-bond donors (Lipinski definition) is 2. The van der Waals surface area contributed by atoms with Gasteiger partial charge in [0, 0.05) is 12.2 Å². The van der Waals surface area contributed by atoms with E-state index in [2.05, 4.69) is 5.32 Å². The number of primary sulfonamides is 1. The fourth-order valence-corrected chi connectivity index (χ4v) is 2.50. The Bertz CT molecular complexity index is 493. The molecule has 0 unspecified atom stereocenters. The zero-order valence-electron chi connectivity index (χ0n) is 9.23. The monoisotopic (exact) mass is 240 g/mol. The molecule has 0 saturated heterocycles. The van der Waals surface area contributed by atoms with Crippen molar-refractivity contribution in [3.63, 3.8) is 0 Å². The smallest absolute Gasteiger partial charge is 0.238 e. The lowest BCUT2D eigenvalue weighted by Gasteiger charge is -2.11. The highest BCUT2D eigenvalue weighted by molar-refractivity contribution is 7.89. The molecule has 5 heteroatoms. The standard InChI is InChI=1S/C11H16N2O2S/c1-8-10(13-7-9-5-6-9)3-2-4-11(8)16(12,14)15/h2-4,9,13H,5-7H2,1H3,(H2,12,14,15). The molecule has 0 heterocycles. The Balaban J connectivity index is 2.24. The molecule has 1 aliphatic rings. The molecule has 0 atom stereocenters. The minimum atomic E-state index is -3.62. The average Bonchev–Trinajstić information content (AvgIpc) is 2.98. The first kappa shape index (κ1) is 11.4. The van der Waals surface area contributed by atoms with Crippen LogP contribution in [0.1, 0.15) is 18.4 Å². The van der Waals surface area contributed by atoms with Crippen LogP contribution in [0.25, 0.3) is 0 Å². The normalized spacial score (nSPS) is 16.1. The van der Waals surface area contributed by atoms with Crippen molar-refractivity contribution in [3.05, 3.63) is 23.8 Å². The van der Waals surface area contributed by atoms with Gasteiger partial charge < -0.3 is 5.32 Å². The van der Waals surface area contributed by atoms with E-state index in [0.29, 0.717) is 5.56 Å². The van der Waals surface area contributed by atoms with E-state index in [-0.39, 0.29) is 4.90 Å². The van der Waals surface area contributed by atoms with Crippen molar-refractivity contribution in [2.75, 3.05) is 11.9 Å². The topological polar surface area (TPSA) is 72.2 Å². The summed E-state index contributed by atoms with van der Waals surface area (Å²) in [6, 6.07) is 5.13. The van der Waals surface area contributed by atoms with E-state index in [1.54, 1.807) is 13.0 Å². The van der Waals surface area contributed by atoms with E-state index in [9.17, 15) is 8.42 Å². The van der Waals surface area contributed by atoms with Crippen molar-refractivity contribution >= 4 is 15.7 Å². The lowest BCUT2D eigenvalue weighted by molar-refractivity contribution is 0.597. The SMILES string of the molecule is Cc1c(NCC2CC2)cccc1S(N)(=O)=O. The first-order chi connectivity index (χ1) is 7.48. The summed E-state index contributed by atoms with van der Waals surface area (Å²) in [7, 11) is -3.62. The van der Waals surface area contributed by atoms with Crippen molar-refractivity contribution in [1.82, 2.24) is 0 Å². The van der Waals surface area contributed by atoms with Crippen LogP contribution in [0, 0.1) is 12.8 Å². The molecule has 0 bridgehead atoms. The second-order valence-corrected chi connectivity index (χ2v) is 5.83. The molecular weight excluding hydrogens is 224 g/mol. The van der Waals surface area contributed by atoms with Gasteiger partial charge in [-0.3, -0.25) is 0 Å².